The number of aromatic nitrogens is 3. The number of aryl methyl sites for hydroxylation is 1. The Balaban J connectivity index is 1.68. The van der Waals surface area contributed by atoms with Crippen LogP contribution in [0.2, 0.25) is 0 Å². The smallest absolute Gasteiger partial charge is 0.273 e. The summed E-state index contributed by atoms with van der Waals surface area (Å²) < 4.78 is 14.0. The molecule has 0 atom stereocenters. The molecule has 3 aromatic rings. The number of likely N-dealkylation sites (N-methyl/N-ethyl adjacent to an activating group) is 1. The normalized spacial score (nSPS) is 10.7. The van der Waals surface area contributed by atoms with Crippen LogP contribution in [0.5, 0.6) is 0 Å². The van der Waals surface area contributed by atoms with Gasteiger partial charge in [-0.1, -0.05) is 12.1 Å². The third kappa shape index (κ3) is 4.86. The minimum Gasteiger partial charge on any atom is -0.352 e. The second-order valence-electron chi connectivity index (χ2n) is 5.80. The predicted molar refractivity (Wildman–Crippen MR) is 107 cm³/mol. The van der Waals surface area contributed by atoms with Crippen LogP contribution in [0.3, 0.4) is 0 Å². The number of carbonyl (C=O) groups is 1. The first-order valence-electron chi connectivity index (χ1n) is 8.14. The molecule has 0 radical (unpaired) electrons. The van der Waals surface area contributed by atoms with E-state index < -0.39 is 0 Å². The summed E-state index contributed by atoms with van der Waals surface area (Å²) in [6.45, 7) is 2.80. The van der Waals surface area contributed by atoms with E-state index in [-0.39, 0.29) is 11.7 Å². The van der Waals surface area contributed by atoms with E-state index in [9.17, 15) is 9.18 Å². The van der Waals surface area contributed by atoms with Crippen LogP contribution in [0.1, 0.15) is 15.5 Å². The lowest BCUT2D eigenvalue weighted by Gasteiger charge is -2.17. The number of hydrogen-bond acceptors (Lipinski definition) is 6. The van der Waals surface area contributed by atoms with Crippen molar-refractivity contribution in [2.45, 2.75) is 6.92 Å². The number of thiazole rings is 1. The largest absolute Gasteiger partial charge is 0.352 e. The van der Waals surface area contributed by atoms with E-state index in [4.69, 9.17) is 0 Å². The number of amides is 1. The van der Waals surface area contributed by atoms with Crippen molar-refractivity contribution < 1.29 is 9.18 Å². The van der Waals surface area contributed by atoms with E-state index in [1.807, 2.05) is 6.92 Å². The van der Waals surface area contributed by atoms with Crippen molar-refractivity contribution in [2.75, 3.05) is 25.5 Å². The molecule has 0 saturated heterocycles. The van der Waals surface area contributed by atoms with E-state index in [1.54, 1.807) is 36.5 Å². The summed E-state index contributed by atoms with van der Waals surface area (Å²) in [6.07, 6.45) is 3.30. The van der Waals surface area contributed by atoms with Crippen LogP contribution in [-0.4, -0.2) is 45.9 Å². The maximum absolute atomic E-state index is 13.2. The van der Waals surface area contributed by atoms with Gasteiger partial charge in [0.2, 0.25) is 5.95 Å². The van der Waals surface area contributed by atoms with Crippen LogP contribution >= 0.6 is 27.3 Å². The van der Waals surface area contributed by atoms with Gasteiger partial charge in [0, 0.05) is 32.5 Å². The zero-order valence-corrected chi connectivity index (χ0v) is 17.1. The van der Waals surface area contributed by atoms with Gasteiger partial charge in [-0.3, -0.25) is 4.79 Å². The molecular weight excluding hydrogens is 433 g/mol. The number of nitrogens with zero attached hydrogens (tertiary/aromatic N) is 4. The highest BCUT2D eigenvalue weighted by Crippen LogP contribution is 2.31. The third-order valence-corrected chi connectivity index (χ3v) is 5.17. The van der Waals surface area contributed by atoms with Gasteiger partial charge >= 0.3 is 0 Å². The number of halogens is 2. The summed E-state index contributed by atoms with van der Waals surface area (Å²) in [7, 11) is 1.72. The first kappa shape index (κ1) is 19.4. The lowest BCUT2D eigenvalue weighted by molar-refractivity contribution is 0.0796. The molecule has 1 N–H and O–H groups in total. The van der Waals surface area contributed by atoms with Gasteiger partial charge in [-0.15, -0.1) is 11.3 Å². The monoisotopic (exact) mass is 449 g/mol. The van der Waals surface area contributed by atoms with Crippen LogP contribution in [0, 0.1) is 12.7 Å². The van der Waals surface area contributed by atoms with Crippen LogP contribution in [0.15, 0.2) is 41.1 Å². The van der Waals surface area contributed by atoms with E-state index in [2.05, 4.69) is 36.2 Å². The second kappa shape index (κ2) is 8.53. The van der Waals surface area contributed by atoms with Gasteiger partial charge in [0.15, 0.2) is 0 Å². The molecule has 27 heavy (non-hydrogen) atoms. The molecule has 2 aromatic heterocycles. The number of rotatable bonds is 6. The standard InChI is InChI=1S/C18H17BrFN5OS/c1-11-24-15(16(27-11)12-3-5-14(20)6-4-12)17(26)25(2)8-7-21-18-22-9-13(19)10-23-18/h3-6,9-10H,7-8H2,1-2H3,(H,21,22,23). The maximum Gasteiger partial charge on any atom is 0.273 e. The second-order valence-corrected chi connectivity index (χ2v) is 7.91. The highest BCUT2D eigenvalue weighted by Gasteiger charge is 2.21. The van der Waals surface area contributed by atoms with Crippen LogP contribution in [0.4, 0.5) is 10.3 Å². The van der Waals surface area contributed by atoms with Crippen molar-refractivity contribution in [1.29, 1.82) is 0 Å². The summed E-state index contributed by atoms with van der Waals surface area (Å²) in [5.74, 6) is -0.000954. The lowest BCUT2D eigenvalue weighted by atomic mass is 10.1. The Morgan fingerprint density at radius 2 is 1.93 bits per heavy atom. The van der Waals surface area contributed by atoms with Gasteiger partial charge in [0.1, 0.15) is 11.5 Å². The summed E-state index contributed by atoms with van der Waals surface area (Å²) in [6, 6.07) is 6.08. The Hall–Kier alpha value is -2.39. The van der Waals surface area contributed by atoms with Crippen LogP contribution in [-0.2, 0) is 0 Å². The Bertz CT molecular complexity index is 930. The maximum atomic E-state index is 13.2. The molecule has 0 aliphatic heterocycles. The number of hydrogen-bond donors (Lipinski definition) is 1. The molecule has 0 aliphatic carbocycles. The summed E-state index contributed by atoms with van der Waals surface area (Å²) in [5, 5.41) is 3.86. The van der Waals surface area contributed by atoms with Gasteiger partial charge < -0.3 is 10.2 Å². The first-order valence-corrected chi connectivity index (χ1v) is 9.75. The fourth-order valence-corrected chi connectivity index (χ4v) is 3.51. The highest BCUT2D eigenvalue weighted by molar-refractivity contribution is 9.10. The summed E-state index contributed by atoms with van der Waals surface area (Å²) >= 11 is 4.70. The summed E-state index contributed by atoms with van der Waals surface area (Å²) in [5.41, 5.74) is 1.16. The number of benzene rings is 1. The van der Waals surface area contributed by atoms with E-state index >= 15 is 0 Å². The predicted octanol–water partition coefficient (Wildman–Crippen LogP) is 3.99. The molecule has 0 bridgehead atoms. The van der Waals surface area contributed by atoms with Crippen molar-refractivity contribution in [3.05, 3.63) is 57.7 Å². The molecule has 0 spiro atoms. The first-order chi connectivity index (χ1) is 12.9. The highest BCUT2D eigenvalue weighted by atomic mass is 79.9. The fourth-order valence-electron chi connectivity index (χ4n) is 2.39. The molecule has 9 heteroatoms. The van der Waals surface area contributed by atoms with Crippen molar-refractivity contribution in [3.8, 4) is 10.4 Å². The van der Waals surface area contributed by atoms with Gasteiger partial charge in [-0.2, -0.15) is 0 Å². The average Bonchev–Trinajstić information content (AvgIpc) is 3.05. The third-order valence-electron chi connectivity index (χ3n) is 3.74. The molecular formula is C18H17BrFN5OS. The summed E-state index contributed by atoms with van der Waals surface area (Å²) in [4.78, 5) is 27.8. The van der Waals surface area contributed by atoms with E-state index in [0.29, 0.717) is 24.7 Å². The van der Waals surface area contributed by atoms with Crippen molar-refractivity contribution in [2.24, 2.45) is 0 Å². The van der Waals surface area contributed by atoms with Crippen LogP contribution in [0.25, 0.3) is 10.4 Å². The zero-order valence-electron chi connectivity index (χ0n) is 14.7. The zero-order chi connectivity index (χ0) is 19.4. The SMILES string of the molecule is Cc1nc(C(=O)N(C)CCNc2ncc(Br)cn2)c(-c2ccc(F)cc2)s1. The molecule has 0 aliphatic rings. The average molecular weight is 450 g/mol. The number of nitrogens with one attached hydrogen (secondary N) is 1. The molecule has 1 aromatic carbocycles. The molecule has 140 valence electrons. The van der Waals surface area contributed by atoms with Crippen molar-refractivity contribution >= 4 is 39.1 Å². The lowest BCUT2D eigenvalue weighted by Crippen LogP contribution is -2.32. The molecule has 6 nitrogen and oxygen atoms in total. The van der Waals surface area contributed by atoms with Crippen molar-refractivity contribution in [3.63, 3.8) is 0 Å². The molecule has 3 rings (SSSR count). The minimum absolute atomic E-state index is 0.183. The topological polar surface area (TPSA) is 71.0 Å². The Morgan fingerprint density at radius 1 is 1.26 bits per heavy atom. The molecule has 2 heterocycles. The number of anilines is 1. The van der Waals surface area contributed by atoms with Gasteiger partial charge in [-0.25, -0.2) is 19.3 Å². The van der Waals surface area contributed by atoms with Gasteiger partial charge in [-0.05, 0) is 40.5 Å². The molecule has 0 saturated carbocycles. The fraction of sp³-hybridized carbons (Fsp3) is 0.222. The Kier molecular flexibility index (Phi) is 6.12. The van der Waals surface area contributed by atoms with Crippen LogP contribution < -0.4 is 5.32 Å². The van der Waals surface area contributed by atoms with Gasteiger partial charge in [0.05, 0.1) is 14.4 Å². The Labute approximate surface area is 168 Å². The minimum atomic E-state index is -0.314. The van der Waals surface area contributed by atoms with Gasteiger partial charge in [0.25, 0.3) is 5.91 Å². The van der Waals surface area contributed by atoms with E-state index in [0.717, 1.165) is 19.9 Å². The number of carbonyl (C=O) groups excluding carboxylic acids is 1. The Morgan fingerprint density at radius 3 is 2.59 bits per heavy atom. The van der Waals surface area contributed by atoms with Crippen molar-refractivity contribution in [1.82, 2.24) is 19.9 Å². The quantitative estimate of drug-likeness (QED) is 0.615. The molecule has 1 amide bonds. The molecule has 0 unspecified atom stereocenters. The molecule has 0 fully saturated rings. The van der Waals surface area contributed by atoms with E-state index in [1.165, 1.54) is 23.5 Å².